The second-order valence-electron chi connectivity index (χ2n) is 6.37. The standard InChI is InChI=1S/C21H21ClN4OS/c22-15-16-1-7-19(8-2-16)28-20-9-10-23-21(25-20)24-17-3-5-18(6-4-17)26-11-13-27-14-12-26/h1-10H,11-15H2,(H,23,24,25). The number of anilines is 3. The fraction of sp³-hybridized carbons (Fsp3) is 0.238. The summed E-state index contributed by atoms with van der Waals surface area (Å²) < 4.78 is 5.41. The SMILES string of the molecule is ClCc1ccc(Sc2ccnc(Nc3ccc(N4CCOCC4)cc3)n2)cc1. The van der Waals surface area contributed by atoms with Crippen LogP contribution in [0.5, 0.6) is 0 Å². The molecule has 28 heavy (non-hydrogen) atoms. The topological polar surface area (TPSA) is 50.3 Å². The molecule has 0 unspecified atom stereocenters. The second kappa shape index (κ2) is 9.28. The zero-order valence-electron chi connectivity index (χ0n) is 15.3. The first-order valence-electron chi connectivity index (χ1n) is 9.16. The Bertz CT molecular complexity index is 899. The van der Waals surface area contributed by atoms with Gasteiger partial charge >= 0.3 is 0 Å². The average molecular weight is 413 g/mol. The van der Waals surface area contributed by atoms with Gasteiger partial charge in [0.1, 0.15) is 5.03 Å². The van der Waals surface area contributed by atoms with E-state index in [2.05, 4.69) is 56.6 Å². The predicted molar refractivity (Wildman–Crippen MR) is 115 cm³/mol. The molecule has 2 aromatic carbocycles. The molecule has 0 bridgehead atoms. The molecule has 3 aromatic rings. The Labute approximate surface area is 174 Å². The highest BCUT2D eigenvalue weighted by atomic mass is 35.5. The van der Waals surface area contributed by atoms with E-state index in [-0.39, 0.29) is 0 Å². The summed E-state index contributed by atoms with van der Waals surface area (Å²) in [5, 5.41) is 4.17. The van der Waals surface area contributed by atoms with E-state index in [4.69, 9.17) is 16.3 Å². The van der Waals surface area contributed by atoms with Crippen molar-refractivity contribution in [2.45, 2.75) is 15.8 Å². The number of hydrogen-bond donors (Lipinski definition) is 1. The van der Waals surface area contributed by atoms with Crippen LogP contribution < -0.4 is 10.2 Å². The molecule has 144 valence electrons. The molecule has 4 rings (SSSR count). The number of hydrogen-bond acceptors (Lipinski definition) is 6. The van der Waals surface area contributed by atoms with E-state index in [9.17, 15) is 0 Å². The Kier molecular flexibility index (Phi) is 6.31. The third-order valence-electron chi connectivity index (χ3n) is 4.43. The van der Waals surface area contributed by atoms with E-state index in [1.54, 1.807) is 18.0 Å². The minimum absolute atomic E-state index is 0.525. The number of aromatic nitrogens is 2. The molecule has 1 aliphatic rings. The third kappa shape index (κ3) is 4.95. The van der Waals surface area contributed by atoms with Crippen molar-refractivity contribution in [2.75, 3.05) is 36.5 Å². The number of benzene rings is 2. The number of alkyl halides is 1. The molecular formula is C21H21ClN4OS. The third-order valence-corrected chi connectivity index (χ3v) is 5.68. The van der Waals surface area contributed by atoms with Crippen molar-refractivity contribution < 1.29 is 4.74 Å². The fourth-order valence-corrected chi connectivity index (χ4v) is 3.89. The number of rotatable bonds is 6. The minimum atomic E-state index is 0.525. The van der Waals surface area contributed by atoms with E-state index >= 15 is 0 Å². The molecule has 1 N–H and O–H groups in total. The molecule has 0 amide bonds. The summed E-state index contributed by atoms with van der Waals surface area (Å²) in [7, 11) is 0. The second-order valence-corrected chi connectivity index (χ2v) is 7.73. The Morgan fingerprint density at radius 2 is 1.75 bits per heavy atom. The van der Waals surface area contributed by atoms with Crippen molar-refractivity contribution in [1.29, 1.82) is 0 Å². The predicted octanol–water partition coefficient (Wildman–Crippen LogP) is 4.95. The number of morpholine rings is 1. The van der Waals surface area contributed by atoms with Gasteiger partial charge in [-0.15, -0.1) is 11.6 Å². The van der Waals surface area contributed by atoms with Crippen LogP contribution in [0, 0.1) is 0 Å². The first-order valence-corrected chi connectivity index (χ1v) is 10.5. The van der Waals surface area contributed by atoms with Gasteiger partial charge in [0, 0.05) is 41.4 Å². The van der Waals surface area contributed by atoms with Crippen LogP contribution in [-0.4, -0.2) is 36.3 Å². The van der Waals surface area contributed by atoms with Gasteiger partial charge in [-0.25, -0.2) is 9.97 Å². The summed E-state index contributed by atoms with van der Waals surface area (Å²) in [5.41, 5.74) is 3.28. The average Bonchev–Trinajstić information content (AvgIpc) is 2.76. The molecule has 0 saturated carbocycles. The van der Waals surface area contributed by atoms with Crippen LogP contribution in [0.25, 0.3) is 0 Å². The lowest BCUT2D eigenvalue weighted by Crippen LogP contribution is -2.36. The highest BCUT2D eigenvalue weighted by Crippen LogP contribution is 2.27. The maximum Gasteiger partial charge on any atom is 0.228 e. The quantitative estimate of drug-likeness (QED) is 0.456. The van der Waals surface area contributed by atoms with Crippen LogP contribution in [0.4, 0.5) is 17.3 Å². The molecule has 0 radical (unpaired) electrons. The van der Waals surface area contributed by atoms with Crippen molar-refractivity contribution in [2.24, 2.45) is 0 Å². The van der Waals surface area contributed by atoms with Gasteiger partial charge in [-0.05, 0) is 48.0 Å². The Hall–Kier alpha value is -2.28. The van der Waals surface area contributed by atoms with Crippen LogP contribution in [-0.2, 0) is 10.6 Å². The van der Waals surface area contributed by atoms with E-state index in [0.717, 1.165) is 47.5 Å². The molecule has 0 atom stereocenters. The lowest BCUT2D eigenvalue weighted by atomic mass is 10.2. The molecule has 0 aliphatic carbocycles. The van der Waals surface area contributed by atoms with Crippen LogP contribution in [0.1, 0.15) is 5.56 Å². The normalized spacial score (nSPS) is 14.1. The number of ether oxygens (including phenoxy) is 1. The van der Waals surface area contributed by atoms with Crippen molar-refractivity contribution in [3.8, 4) is 0 Å². The maximum absolute atomic E-state index is 5.85. The number of nitrogens with zero attached hydrogens (tertiary/aromatic N) is 3. The summed E-state index contributed by atoms with van der Waals surface area (Å²) >= 11 is 7.45. The van der Waals surface area contributed by atoms with E-state index < -0.39 is 0 Å². The molecule has 2 heterocycles. The lowest BCUT2D eigenvalue weighted by Gasteiger charge is -2.28. The molecule has 0 spiro atoms. The summed E-state index contributed by atoms with van der Waals surface area (Å²) in [6, 6.07) is 18.4. The lowest BCUT2D eigenvalue weighted by molar-refractivity contribution is 0.122. The van der Waals surface area contributed by atoms with Gasteiger partial charge in [-0.3, -0.25) is 0 Å². The van der Waals surface area contributed by atoms with Crippen molar-refractivity contribution >= 4 is 40.7 Å². The van der Waals surface area contributed by atoms with Crippen LogP contribution in [0.2, 0.25) is 0 Å². The molecule has 1 fully saturated rings. The first-order chi connectivity index (χ1) is 13.8. The van der Waals surface area contributed by atoms with Crippen LogP contribution in [0.15, 0.2) is 70.7 Å². The van der Waals surface area contributed by atoms with Crippen molar-refractivity contribution in [1.82, 2.24) is 9.97 Å². The van der Waals surface area contributed by atoms with Gasteiger partial charge < -0.3 is 15.0 Å². The highest BCUT2D eigenvalue weighted by molar-refractivity contribution is 7.99. The Balaban J connectivity index is 1.41. The Morgan fingerprint density at radius 1 is 1.00 bits per heavy atom. The smallest absolute Gasteiger partial charge is 0.228 e. The largest absolute Gasteiger partial charge is 0.378 e. The fourth-order valence-electron chi connectivity index (χ4n) is 2.93. The van der Waals surface area contributed by atoms with E-state index in [1.165, 1.54) is 5.69 Å². The van der Waals surface area contributed by atoms with Gasteiger partial charge in [0.25, 0.3) is 0 Å². The van der Waals surface area contributed by atoms with Gasteiger partial charge in [-0.2, -0.15) is 0 Å². The molecule has 7 heteroatoms. The summed E-state index contributed by atoms with van der Waals surface area (Å²) in [6.07, 6.45) is 1.77. The summed E-state index contributed by atoms with van der Waals surface area (Å²) in [4.78, 5) is 12.4. The van der Waals surface area contributed by atoms with Gasteiger partial charge in [-0.1, -0.05) is 23.9 Å². The zero-order chi connectivity index (χ0) is 19.2. The minimum Gasteiger partial charge on any atom is -0.378 e. The van der Waals surface area contributed by atoms with Crippen molar-refractivity contribution in [3.63, 3.8) is 0 Å². The molecule has 1 aliphatic heterocycles. The van der Waals surface area contributed by atoms with Gasteiger partial charge in [0.05, 0.1) is 13.2 Å². The van der Waals surface area contributed by atoms with Gasteiger partial charge in [0.2, 0.25) is 5.95 Å². The van der Waals surface area contributed by atoms with E-state index in [0.29, 0.717) is 11.8 Å². The summed E-state index contributed by atoms with van der Waals surface area (Å²) in [6.45, 7) is 3.43. The zero-order valence-corrected chi connectivity index (χ0v) is 16.9. The van der Waals surface area contributed by atoms with Gasteiger partial charge in [0.15, 0.2) is 0 Å². The van der Waals surface area contributed by atoms with Crippen molar-refractivity contribution in [3.05, 3.63) is 66.4 Å². The molecule has 5 nitrogen and oxygen atoms in total. The Morgan fingerprint density at radius 3 is 2.46 bits per heavy atom. The van der Waals surface area contributed by atoms with E-state index in [1.807, 2.05) is 18.2 Å². The summed E-state index contributed by atoms with van der Waals surface area (Å²) in [5.74, 6) is 1.11. The number of nitrogens with one attached hydrogen (secondary N) is 1. The molecule has 1 aromatic heterocycles. The highest BCUT2D eigenvalue weighted by Gasteiger charge is 2.11. The maximum atomic E-state index is 5.85. The number of halogens is 1. The monoisotopic (exact) mass is 412 g/mol. The van der Waals surface area contributed by atoms with Crippen LogP contribution >= 0.6 is 23.4 Å². The van der Waals surface area contributed by atoms with Crippen LogP contribution in [0.3, 0.4) is 0 Å². The molecule has 1 saturated heterocycles. The molecular weight excluding hydrogens is 392 g/mol. The first kappa shape index (κ1) is 19.1.